The lowest BCUT2D eigenvalue weighted by atomic mass is 9.93. The summed E-state index contributed by atoms with van der Waals surface area (Å²) in [5.74, 6) is -1.85. The number of fused-ring (bicyclic) bond motifs is 1. The first-order valence-electron chi connectivity index (χ1n) is 11.7. The van der Waals surface area contributed by atoms with E-state index in [4.69, 9.17) is 14.2 Å². The normalized spacial score (nSPS) is 16.6. The Morgan fingerprint density at radius 1 is 0.842 bits per heavy atom. The van der Waals surface area contributed by atoms with Crippen molar-refractivity contribution in [1.82, 2.24) is 0 Å². The van der Waals surface area contributed by atoms with Crippen LogP contribution in [0, 0.1) is 5.82 Å². The molecular formula is C30H24FNO6. The predicted molar refractivity (Wildman–Crippen MR) is 141 cm³/mol. The Balaban J connectivity index is 1.83. The van der Waals surface area contributed by atoms with Crippen molar-refractivity contribution in [3.05, 3.63) is 101 Å². The molecule has 5 rings (SSSR count). The molecule has 1 atom stereocenters. The molecule has 4 aromatic carbocycles. The first-order chi connectivity index (χ1) is 18.4. The quantitative estimate of drug-likeness (QED) is 0.204. The summed E-state index contributed by atoms with van der Waals surface area (Å²) >= 11 is 0. The molecule has 1 aliphatic rings. The van der Waals surface area contributed by atoms with Gasteiger partial charge in [0.1, 0.15) is 11.6 Å². The highest BCUT2D eigenvalue weighted by Gasteiger charge is 2.47. The van der Waals surface area contributed by atoms with Crippen LogP contribution in [0.3, 0.4) is 0 Å². The molecule has 0 spiro atoms. The summed E-state index contributed by atoms with van der Waals surface area (Å²) in [5, 5.41) is 13.2. The van der Waals surface area contributed by atoms with Gasteiger partial charge < -0.3 is 19.3 Å². The maximum atomic E-state index is 14.3. The second-order valence-corrected chi connectivity index (χ2v) is 8.63. The van der Waals surface area contributed by atoms with Crippen LogP contribution in [0.2, 0.25) is 0 Å². The van der Waals surface area contributed by atoms with Gasteiger partial charge in [-0.05, 0) is 46.7 Å². The molecule has 1 amide bonds. The van der Waals surface area contributed by atoms with Gasteiger partial charge in [-0.3, -0.25) is 14.5 Å². The molecule has 4 aromatic rings. The van der Waals surface area contributed by atoms with Crippen LogP contribution in [0.5, 0.6) is 17.2 Å². The molecule has 8 heteroatoms. The fourth-order valence-corrected chi connectivity index (χ4v) is 4.88. The Morgan fingerprint density at radius 3 is 2.16 bits per heavy atom. The molecule has 0 aromatic heterocycles. The van der Waals surface area contributed by atoms with Crippen molar-refractivity contribution in [3.63, 3.8) is 0 Å². The molecule has 0 aliphatic carbocycles. The smallest absolute Gasteiger partial charge is 0.300 e. The average molecular weight is 514 g/mol. The Morgan fingerprint density at radius 2 is 1.50 bits per heavy atom. The van der Waals surface area contributed by atoms with E-state index in [2.05, 4.69) is 0 Å². The molecule has 1 saturated heterocycles. The van der Waals surface area contributed by atoms with Gasteiger partial charge in [-0.1, -0.05) is 48.5 Å². The van der Waals surface area contributed by atoms with Gasteiger partial charge >= 0.3 is 0 Å². The van der Waals surface area contributed by atoms with Crippen molar-refractivity contribution in [3.8, 4) is 17.2 Å². The zero-order valence-electron chi connectivity index (χ0n) is 20.9. The van der Waals surface area contributed by atoms with E-state index in [0.717, 1.165) is 11.5 Å². The summed E-state index contributed by atoms with van der Waals surface area (Å²) in [6, 6.07) is 20.2. The number of hydrogen-bond donors (Lipinski definition) is 1. The lowest BCUT2D eigenvalue weighted by Crippen LogP contribution is -2.29. The van der Waals surface area contributed by atoms with Crippen molar-refractivity contribution >= 4 is 33.9 Å². The fraction of sp³-hybridized carbons (Fsp3) is 0.133. The van der Waals surface area contributed by atoms with Crippen molar-refractivity contribution in [2.24, 2.45) is 0 Å². The number of ether oxygens (including phenoxy) is 3. The van der Waals surface area contributed by atoms with E-state index in [-0.39, 0.29) is 28.5 Å². The highest BCUT2D eigenvalue weighted by atomic mass is 19.1. The van der Waals surface area contributed by atoms with Crippen LogP contribution in [0.25, 0.3) is 16.5 Å². The van der Waals surface area contributed by atoms with Gasteiger partial charge in [-0.2, -0.15) is 0 Å². The highest BCUT2D eigenvalue weighted by molar-refractivity contribution is 6.51. The molecule has 0 saturated carbocycles. The van der Waals surface area contributed by atoms with Gasteiger partial charge in [0.05, 0.1) is 32.9 Å². The predicted octanol–water partition coefficient (Wildman–Crippen LogP) is 5.63. The minimum Gasteiger partial charge on any atom is -0.507 e. The summed E-state index contributed by atoms with van der Waals surface area (Å²) in [7, 11) is 4.35. The van der Waals surface area contributed by atoms with E-state index in [1.54, 1.807) is 24.3 Å². The number of amides is 1. The number of benzene rings is 4. The minimum atomic E-state index is -1.12. The Kier molecular flexibility index (Phi) is 6.46. The monoisotopic (exact) mass is 513 g/mol. The van der Waals surface area contributed by atoms with Crippen LogP contribution in [0.15, 0.2) is 84.4 Å². The second-order valence-electron chi connectivity index (χ2n) is 8.63. The first kappa shape index (κ1) is 24.8. The Labute approximate surface area is 218 Å². The molecule has 0 radical (unpaired) electrons. The van der Waals surface area contributed by atoms with E-state index in [9.17, 15) is 19.1 Å². The largest absolute Gasteiger partial charge is 0.507 e. The number of carbonyl (C=O) groups is 2. The Hall–Kier alpha value is -4.85. The van der Waals surface area contributed by atoms with E-state index < -0.39 is 23.5 Å². The van der Waals surface area contributed by atoms with E-state index in [0.29, 0.717) is 22.3 Å². The number of carbonyl (C=O) groups excluding carboxylic acids is 2. The standard InChI is InChI=1S/C30H24FNO6/c1-36-23-14-18(15-24(37-2)29(23)38-3)26-25(27(33)22-13-6-9-17-8-4-5-12-21(17)22)28(34)30(35)32(26)20-11-7-10-19(31)16-20/h4-16,26,33H,1-3H3/b27-25+. The van der Waals surface area contributed by atoms with Crippen LogP contribution in [-0.4, -0.2) is 38.1 Å². The van der Waals surface area contributed by atoms with Crippen molar-refractivity contribution < 1.29 is 33.3 Å². The number of ketones is 1. The molecule has 192 valence electrons. The number of halogens is 1. The third kappa shape index (κ3) is 4.00. The van der Waals surface area contributed by atoms with Gasteiger partial charge in [0.2, 0.25) is 5.75 Å². The van der Waals surface area contributed by atoms with Gasteiger partial charge in [-0.15, -0.1) is 0 Å². The summed E-state index contributed by atoms with van der Waals surface area (Å²) in [6.45, 7) is 0. The molecule has 1 heterocycles. The second kappa shape index (κ2) is 9.89. The van der Waals surface area contributed by atoms with Crippen LogP contribution < -0.4 is 19.1 Å². The van der Waals surface area contributed by atoms with Crippen LogP contribution >= 0.6 is 0 Å². The third-order valence-electron chi connectivity index (χ3n) is 6.58. The van der Waals surface area contributed by atoms with Crippen molar-refractivity contribution in [2.75, 3.05) is 26.2 Å². The molecule has 1 unspecified atom stereocenters. The number of anilines is 1. The van der Waals surface area contributed by atoms with Gasteiger partial charge in [0.25, 0.3) is 11.7 Å². The summed E-state index contributed by atoms with van der Waals surface area (Å²) < 4.78 is 30.7. The SMILES string of the molecule is COc1cc(C2/C(=C(\O)c3cccc4ccccc34)C(=O)C(=O)N2c2cccc(F)c2)cc(OC)c1OC. The minimum absolute atomic E-state index is 0.148. The molecule has 1 aliphatic heterocycles. The van der Waals surface area contributed by atoms with Gasteiger partial charge in [0, 0.05) is 11.3 Å². The maximum Gasteiger partial charge on any atom is 0.300 e. The van der Waals surface area contributed by atoms with E-state index in [1.807, 2.05) is 30.3 Å². The molecule has 1 fully saturated rings. The maximum absolute atomic E-state index is 14.3. The zero-order valence-corrected chi connectivity index (χ0v) is 20.9. The number of methoxy groups -OCH3 is 3. The van der Waals surface area contributed by atoms with Crippen molar-refractivity contribution in [2.45, 2.75) is 6.04 Å². The summed E-state index contributed by atoms with van der Waals surface area (Å²) in [5.41, 5.74) is 0.787. The molecule has 7 nitrogen and oxygen atoms in total. The topological polar surface area (TPSA) is 85.3 Å². The van der Waals surface area contributed by atoms with Gasteiger partial charge in [-0.25, -0.2) is 4.39 Å². The molecule has 38 heavy (non-hydrogen) atoms. The lowest BCUT2D eigenvalue weighted by Gasteiger charge is -2.26. The lowest BCUT2D eigenvalue weighted by molar-refractivity contribution is -0.132. The molecule has 0 bridgehead atoms. The van der Waals surface area contributed by atoms with Crippen molar-refractivity contribution in [1.29, 1.82) is 0 Å². The van der Waals surface area contributed by atoms with Crippen LogP contribution in [0.1, 0.15) is 17.2 Å². The number of Topliss-reactive ketones (excluding diaryl/α,β-unsaturated/α-hetero) is 1. The number of aliphatic hydroxyl groups excluding tert-OH is 1. The van der Waals surface area contributed by atoms with Gasteiger partial charge in [0.15, 0.2) is 11.5 Å². The van der Waals surface area contributed by atoms with E-state index >= 15 is 0 Å². The van der Waals surface area contributed by atoms with Crippen LogP contribution in [0.4, 0.5) is 10.1 Å². The average Bonchev–Trinajstić information content (AvgIpc) is 3.21. The van der Waals surface area contributed by atoms with E-state index in [1.165, 1.54) is 44.4 Å². The number of nitrogens with zero attached hydrogens (tertiary/aromatic N) is 1. The highest BCUT2D eigenvalue weighted by Crippen LogP contribution is 2.47. The molecule has 1 N–H and O–H groups in total. The zero-order chi connectivity index (χ0) is 27.0. The molecular weight excluding hydrogens is 489 g/mol. The number of aliphatic hydroxyl groups is 1. The summed E-state index contributed by atoms with van der Waals surface area (Å²) in [6.07, 6.45) is 0. The number of hydrogen-bond acceptors (Lipinski definition) is 6. The van der Waals surface area contributed by atoms with Crippen LogP contribution in [-0.2, 0) is 9.59 Å². The first-order valence-corrected chi connectivity index (χ1v) is 11.7. The third-order valence-corrected chi connectivity index (χ3v) is 6.58. The summed E-state index contributed by atoms with van der Waals surface area (Å²) in [4.78, 5) is 28.2. The Bertz CT molecular complexity index is 1580. The number of rotatable bonds is 6. The fourth-order valence-electron chi connectivity index (χ4n) is 4.88.